The minimum Gasteiger partial charge on any atom is -0.462 e. The van der Waals surface area contributed by atoms with Gasteiger partial charge in [0.05, 0.1) is 30.7 Å². The predicted molar refractivity (Wildman–Crippen MR) is 170 cm³/mol. The van der Waals surface area contributed by atoms with Crippen LogP contribution in [0.25, 0.3) is 5.52 Å². The molecule has 44 heavy (non-hydrogen) atoms. The molecule has 0 bridgehead atoms. The smallest absolute Gasteiger partial charge is 0.346 e. The molecule has 6 rings (SSSR count). The highest BCUT2D eigenvalue weighted by molar-refractivity contribution is 5.96. The van der Waals surface area contributed by atoms with Gasteiger partial charge in [0.15, 0.2) is 5.56 Å². The maximum Gasteiger partial charge on any atom is 0.346 e. The van der Waals surface area contributed by atoms with Gasteiger partial charge in [0.1, 0.15) is 5.54 Å². The Bertz CT molecular complexity index is 1730. The first-order valence-electron chi connectivity index (χ1n) is 14.1. The Morgan fingerprint density at radius 2 is 1.27 bits per heavy atom. The number of ether oxygens (including phenoxy) is 1. The molecule has 0 saturated heterocycles. The third kappa shape index (κ3) is 5.83. The first-order chi connectivity index (χ1) is 21.6. The summed E-state index contributed by atoms with van der Waals surface area (Å²) < 4.78 is 10.5. The molecule has 0 aliphatic rings. The second-order valence-electron chi connectivity index (χ2n) is 9.47. The van der Waals surface area contributed by atoms with Crippen LogP contribution < -0.4 is 5.56 Å². The van der Waals surface area contributed by atoms with Gasteiger partial charge in [0, 0.05) is 26.6 Å². The predicted octanol–water partition coefficient (Wildman–Crippen LogP) is 4.58. The molecule has 9 nitrogen and oxygen atoms in total. The number of benzene rings is 3. The molecule has 9 heteroatoms. The fourth-order valence-electron chi connectivity index (χ4n) is 5.49. The first-order valence-corrected chi connectivity index (χ1v) is 14.1. The number of aliphatic hydroxyl groups excluding tert-OH is 2. The first kappa shape index (κ1) is 31.7. The number of fused-ring (bicyclic) bond motifs is 1. The Kier molecular flexibility index (Phi) is 10.6. The van der Waals surface area contributed by atoms with Gasteiger partial charge in [-0.1, -0.05) is 97.1 Å². The van der Waals surface area contributed by atoms with Gasteiger partial charge in [-0.3, -0.25) is 9.31 Å². The summed E-state index contributed by atoms with van der Waals surface area (Å²) in [6.07, 6.45) is 5.56. The number of carbonyl (C=O) groups is 1. The molecule has 0 spiro atoms. The largest absolute Gasteiger partial charge is 0.462 e. The monoisotopic (exact) mass is 592 g/mol. The number of nitrogens with zero attached hydrogens (tertiary/aromatic N) is 4. The molecule has 3 aromatic carbocycles. The van der Waals surface area contributed by atoms with Gasteiger partial charge in [-0.2, -0.15) is 0 Å². The van der Waals surface area contributed by atoms with Crippen LogP contribution in [0.5, 0.6) is 0 Å². The molecule has 3 aromatic heterocycles. The average molecular weight is 593 g/mol. The molecular formula is C35H36N4O5. The molecule has 0 aliphatic carbocycles. The van der Waals surface area contributed by atoms with E-state index in [-0.39, 0.29) is 18.7 Å². The summed E-state index contributed by atoms with van der Waals surface area (Å²) in [5.74, 6) is -0.628. The summed E-state index contributed by atoms with van der Waals surface area (Å²) in [4.78, 5) is 30.9. The second-order valence-corrected chi connectivity index (χ2v) is 9.47. The van der Waals surface area contributed by atoms with Gasteiger partial charge in [-0.15, -0.1) is 0 Å². The van der Waals surface area contributed by atoms with Gasteiger partial charge >= 0.3 is 5.97 Å². The van der Waals surface area contributed by atoms with Crippen LogP contribution in [0.15, 0.2) is 133 Å². The van der Waals surface area contributed by atoms with Crippen molar-refractivity contribution >= 4 is 11.5 Å². The lowest BCUT2D eigenvalue weighted by molar-refractivity contribution is 0.0527. The van der Waals surface area contributed by atoms with Crippen molar-refractivity contribution in [2.75, 3.05) is 20.8 Å². The van der Waals surface area contributed by atoms with E-state index in [1.165, 1.54) is 4.68 Å². The van der Waals surface area contributed by atoms with Crippen molar-refractivity contribution in [2.24, 2.45) is 0 Å². The van der Waals surface area contributed by atoms with Crippen molar-refractivity contribution in [3.05, 3.63) is 166 Å². The zero-order valence-electron chi connectivity index (χ0n) is 24.9. The molecular weight excluding hydrogens is 556 g/mol. The highest BCUT2D eigenvalue weighted by Gasteiger charge is 2.38. The molecule has 6 aromatic rings. The Morgan fingerprint density at radius 1 is 0.773 bits per heavy atom. The SMILES string of the molecule is CCOC(=O)c1c(=O)n(Cc2cn(C(c3ccccc3)(c3ccccc3)c3ccccc3)cn2)n2ccccc12.CO.CO. The van der Waals surface area contributed by atoms with E-state index in [0.717, 1.165) is 30.9 Å². The van der Waals surface area contributed by atoms with Crippen molar-refractivity contribution in [3.8, 4) is 0 Å². The standard InChI is InChI=1S/C33H28N4O3.2CH4O/c1-2-40-32(39)30-29-20-12-13-21-36(29)37(31(30)38)23-28-22-35(24-34-28)33(25-14-6-3-7-15-25,26-16-8-4-9-17-26)27-18-10-5-11-19-27;2*1-2/h3-22,24H,2,23H2,1H3;2*2H,1H3. The Morgan fingerprint density at radius 3 is 1.77 bits per heavy atom. The van der Waals surface area contributed by atoms with E-state index in [1.54, 1.807) is 29.8 Å². The molecule has 0 saturated carbocycles. The summed E-state index contributed by atoms with van der Waals surface area (Å²) in [6.45, 7) is 2.08. The highest BCUT2D eigenvalue weighted by atomic mass is 16.5. The van der Waals surface area contributed by atoms with Crippen molar-refractivity contribution in [2.45, 2.75) is 19.0 Å². The number of carbonyl (C=O) groups excluding carboxylic acids is 1. The fraction of sp³-hybridized carbons (Fsp3) is 0.171. The molecule has 0 fully saturated rings. The summed E-state index contributed by atoms with van der Waals surface area (Å²) in [7, 11) is 2.00. The van der Waals surface area contributed by atoms with E-state index >= 15 is 0 Å². The normalized spacial score (nSPS) is 10.8. The average Bonchev–Trinajstić information content (AvgIpc) is 3.67. The van der Waals surface area contributed by atoms with Crippen LogP contribution in [0, 0.1) is 0 Å². The molecule has 0 atom stereocenters. The van der Waals surface area contributed by atoms with Gasteiger partial charge in [0.25, 0.3) is 5.56 Å². The van der Waals surface area contributed by atoms with Crippen LogP contribution in [0.4, 0.5) is 0 Å². The summed E-state index contributed by atoms with van der Waals surface area (Å²) >= 11 is 0. The van der Waals surface area contributed by atoms with E-state index in [0.29, 0.717) is 11.2 Å². The number of aromatic nitrogens is 4. The van der Waals surface area contributed by atoms with Crippen LogP contribution in [-0.4, -0.2) is 55.8 Å². The number of pyridine rings is 1. The van der Waals surface area contributed by atoms with Crippen molar-refractivity contribution in [3.63, 3.8) is 0 Å². The van der Waals surface area contributed by atoms with Gasteiger partial charge in [-0.25, -0.2) is 14.5 Å². The molecule has 2 N–H and O–H groups in total. The zero-order valence-corrected chi connectivity index (χ0v) is 24.9. The topological polar surface area (TPSA) is 111 Å². The van der Waals surface area contributed by atoms with Gasteiger partial charge in [0.2, 0.25) is 0 Å². The Balaban J connectivity index is 0.00000106. The van der Waals surface area contributed by atoms with Crippen molar-refractivity contribution in [1.82, 2.24) is 18.7 Å². The van der Waals surface area contributed by atoms with Crippen LogP contribution in [-0.2, 0) is 16.8 Å². The van der Waals surface area contributed by atoms with Crippen molar-refractivity contribution in [1.29, 1.82) is 0 Å². The number of imidazole rings is 1. The third-order valence-electron chi connectivity index (χ3n) is 7.19. The minimum absolute atomic E-state index is 0.0223. The lowest BCUT2D eigenvalue weighted by Crippen LogP contribution is -2.37. The second kappa shape index (κ2) is 14.8. The third-order valence-corrected chi connectivity index (χ3v) is 7.19. The zero-order chi connectivity index (χ0) is 31.5. The Hall–Kier alpha value is -5.25. The lowest BCUT2D eigenvalue weighted by Gasteiger charge is -2.37. The van der Waals surface area contributed by atoms with Crippen molar-refractivity contribution < 1.29 is 19.7 Å². The van der Waals surface area contributed by atoms with Gasteiger partial charge < -0.3 is 19.5 Å². The quantitative estimate of drug-likeness (QED) is 0.198. The number of hydrogen-bond donors (Lipinski definition) is 2. The molecule has 3 heterocycles. The highest BCUT2D eigenvalue weighted by Crippen LogP contribution is 2.40. The summed E-state index contributed by atoms with van der Waals surface area (Å²) in [6, 6.07) is 36.3. The van der Waals surface area contributed by atoms with Crippen LogP contribution >= 0.6 is 0 Å². The summed E-state index contributed by atoms with van der Waals surface area (Å²) in [5, 5.41) is 14.0. The molecule has 0 radical (unpaired) electrons. The van der Waals surface area contributed by atoms with E-state index in [2.05, 4.69) is 41.0 Å². The van der Waals surface area contributed by atoms with Crippen LogP contribution in [0.3, 0.4) is 0 Å². The lowest BCUT2D eigenvalue weighted by atomic mass is 9.77. The molecule has 226 valence electrons. The minimum atomic E-state index is -0.711. The number of hydrogen-bond acceptors (Lipinski definition) is 6. The van der Waals surface area contributed by atoms with E-state index in [4.69, 9.17) is 19.9 Å². The Labute approximate surface area is 255 Å². The van der Waals surface area contributed by atoms with Gasteiger partial charge in [-0.05, 0) is 35.7 Å². The molecule has 0 amide bonds. The number of rotatable bonds is 8. The molecule has 0 aliphatic heterocycles. The van der Waals surface area contributed by atoms with E-state index in [9.17, 15) is 9.59 Å². The van der Waals surface area contributed by atoms with E-state index in [1.807, 2.05) is 73.2 Å². The van der Waals surface area contributed by atoms with Crippen LogP contribution in [0.1, 0.15) is 39.7 Å². The fourth-order valence-corrected chi connectivity index (χ4v) is 5.49. The maximum absolute atomic E-state index is 13.5. The number of esters is 1. The maximum atomic E-state index is 13.5. The van der Waals surface area contributed by atoms with E-state index < -0.39 is 17.1 Å². The summed E-state index contributed by atoms with van der Waals surface area (Å²) in [5.41, 5.74) is 3.29. The number of aliphatic hydroxyl groups is 2. The van der Waals surface area contributed by atoms with Crippen LogP contribution in [0.2, 0.25) is 0 Å². The molecule has 0 unspecified atom stereocenters.